The molecule has 0 aliphatic carbocycles. The van der Waals surface area contributed by atoms with Gasteiger partial charge in [0.1, 0.15) is 10.8 Å². The fraction of sp³-hybridized carbons (Fsp3) is 0.292. The van der Waals surface area contributed by atoms with Crippen LogP contribution in [0.4, 0.5) is 0 Å². The summed E-state index contributed by atoms with van der Waals surface area (Å²) >= 11 is 1.33. The van der Waals surface area contributed by atoms with E-state index in [2.05, 4.69) is 15.5 Å². The number of carbonyl (C=O) groups is 1. The monoisotopic (exact) mass is 469 g/mol. The molecule has 33 heavy (non-hydrogen) atoms. The van der Waals surface area contributed by atoms with Gasteiger partial charge in [-0.25, -0.2) is 0 Å². The van der Waals surface area contributed by atoms with Gasteiger partial charge in [-0.3, -0.25) is 4.79 Å². The number of thioether (sulfide) groups is 1. The van der Waals surface area contributed by atoms with Gasteiger partial charge in [-0.05, 0) is 48.4 Å². The smallest absolute Gasteiger partial charge is 0.230 e. The Labute approximate surface area is 197 Å². The van der Waals surface area contributed by atoms with Crippen molar-refractivity contribution < 1.29 is 23.7 Å². The lowest BCUT2D eigenvalue weighted by Gasteiger charge is -2.13. The Morgan fingerprint density at radius 2 is 1.58 bits per heavy atom. The average molecular weight is 470 g/mol. The molecule has 0 aliphatic rings. The molecule has 2 aromatic carbocycles. The molecule has 1 heterocycles. The first-order valence-corrected chi connectivity index (χ1v) is 11.2. The number of rotatable bonds is 11. The van der Waals surface area contributed by atoms with E-state index in [1.54, 1.807) is 28.4 Å². The lowest BCUT2D eigenvalue weighted by molar-refractivity contribution is -0.118. The molecular formula is C24H27N3O5S. The van der Waals surface area contributed by atoms with Crippen molar-refractivity contribution in [2.24, 2.45) is 0 Å². The van der Waals surface area contributed by atoms with Crippen molar-refractivity contribution in [2.45, 2.75) is 11.4 Å². The van der Waals surface area contributed by atoms with Gasteiger partial charge in [0.2, 0.25) is 11.7 Å². The summed E-state index contributed by atoms with van der Waals surface area (Å²) in [6.45, 7) is 0.567. The Kier molecular flexibility index (Phi) is 8.77. The molecule has 0 spiro atoms. The van der Waals surface area contributed by atoms with Crippen molar-refractivity contribution in [3.8, 4) is 34.3 Å². The van der Waals surface area contributed by atoms with Crippen LogP contribution in [0.25, 0.3) is 11.3 Å². The largest absolute Gasteiger partial charge is 0.497 e. The normalized spacial score (nSPS) is 10.4. The van der Waals surface area contributed by atoms with Crippen LogP contribution in [0.15, 0.2) is 53.6 Å². The molecule has 0 fully saturated rings. The number of hydrogen-bond acceptors (Lipinski definition) is 8. The van der Waals surface area contributed by atoms with Crippen molar-refractivity contribution in [2.75, 3.05) is 40.7 Å². The van der Waals surface area contributed by atoms with Gasteiger partial charge in [0.25, 0.3) is 0 Å². The topological polar surface area (TPSA) is 91.8 Å². The maximum Gasteiger partial charge on any atom is 0.230 e. The highest BCUT2D eigenvalue weighted by Gasteiger charge is 2.15. The second kappa shape index (κ2) is 12.0. The molecule has 3 rings (SSSR count). The molecule has 0 unspecified atom stereocenters. The fourth-order valence-corrected chi connectivity index (χ4v) is 3.75. The van der Waals surface area contributed by atoms with Crippen molar-refractivity contribution in [3.63, 3.8) is 0 Å². The molecule has 0 bridgehead atoms. The number of carbonyl (C=O) groups excluding carboxylic acids is 1. The van der Waals surface area contributed by atoms with Crippen LogP contribution in [-0.2, 0) is 11.2 Å². The van der Waals surface area contributed by atoms with Crippen LogP contribution >= 0.6 is 11.8 Å². The maximum atomic E-state index is 12.2. The van der Waals surface area contributed by atoms with E-state index in [1.807, 2.05) is 48.5 Å². The molecule has 0 radical (unpaired) electrons. The number of methoxy groups -OCH3 is 4. The second-order valence-corrected chi connectivity index (χ2v) is 7.90. The molecule has 0 saturated carbocycles. The lowest BCUT2D eigenvalue weighted by atomic mass is 10.1. The summed E-state index contributed by atoms with van der Waals surface area (Å²) in [6, 6.07) is 15.1. The average Bonchev–Trinajstić information content (AvgIpc) is 2.87. The summed E-state index contributed by atoms with van der Waals surface area (Å²) in [6.07, 6.45) is 0.754. The summed E-state index contributed by atoms with van der Waals surface area (Å²) < 4.78 is 21.3. The van der Waals surface area contributed by atoms with Gasteiger partial charge in [0.15, 0.2) is 11.5 Å². The zero-order valence-corrected chi connectivity index (χ0v) is 19.9. The highest BCUT2D eigenvalue weighted by Crippen LogP contribution is 2.40. The number of nitrogens with one attached hydrogen (secondary N) is 1. The van der Waals surface area contributed by atoms with Crippen molar-refractivity contribution in [1.82, 2.24) is 15.5 Å². The Balaban J connectivity index is 1.52. The van der Waals surface area contributed by atoms with Crippen LogP contribution in [-0.4, -0.2) is 56.8 Å². The van der Waals surface area contributed by atoms with Crippen LogP contribution < -0.4 is 24.3 Å². The quantitative estimate of drug-likeness (QED) is 0.426. The molecule has 174 valence electrons. The van der Waals surface area contributed by atoms with Crippen molar-refractivity contribution in [3.05, 3.63) is 54.1 Å². The molecule has 0 saturated heterocycles. The van der Waals surface area contributed by atoms with E-state index in [0.717, 1.165) is 23.3 Å². The van der Waals surface area contributed by atoms with E-state index in [9.17, 15) is 4.79 Å². The summed E-state index contributed by atoms with van der Waals surface area (Å²) in [5, 5.41) is 12.1. The number of benzene rings is 2. The van der Waals surface area contributed by atoms with Gasteiger partial charge >= 0.3 is 0 Å². The lowest BCUT2D eigenvalue weighted by Crippen LogP contribution is -2.27. The molecule has 8 nitrogen and oxygen atoms in total. The summed E-state index contributed by atoms with van der Waals surface area (Å²) in [4.78, 5) is 12.2. The Morgan fingerprint density at radius 3 is 2.12 bits per heavy atom. The van der Waals surface area contributed by atoms with E-state index in [0.29, 0.717) is 34.5 Å². The van der Waals surface area contributed by atoms with Gasteiger partial charge in [-0.2, -0.15) is 0 Å². The van der Waals surface area contributed by atoms with Gasteiger partial charge in [-0.15, -0.1) is 10.2 Å². The van der Waals surface area contributed by atoms with Crippen LogP contribution in [0.2, 0.25) is 0 Å². The van der Waals surface area contributed by atoms with E-state index < -0.39 is 0 Å². The third-order valence-electron chi connectivity index (χ3n) is 4.85. The van der Waals surface area contributed by atoms with E-state index in [-0.39, 0.29) is 11.7 Å². The third kappa shape index (κ3) is 6.52. The first-order valence-electron chi connectivity index (χ1n) is 10.2. The maximum absolute atomic E-state index is 12.2. The molecule has 1 amide bonds. The number of ether oxygens (including phenoxy) is 4. The van der Waals surface area contributed by atoms with Gasteiger partial charge in [-0.1, -0.05) is 23.9 Å². The minimum absolute atomic E-state index is 0.0518. The summed E-state index contributed by atoms with van der Waals surface area (Å²) in [5.41, 5.74) is 2.57. The predicted molar refractivity (Wildman–Crippen MR) is 128 cm³/mol. The molecule has 1 aromatic heterocycles. The van der Waals surface area contributed by atoms with Gasteiger partial charge in [0, 0.05) is 12.1 Å². The minimum atomic E-state index is -0.0518. The standard InChI is InChI=1S/C24H27N3O5S/c1-29-18-7-5-16(6-8-18)11-12-25-22(28)15-33-23-10-9-19(26-27-23)17-13-20(30-2)24(32-4)21(14-17)31-3/h5-10,13-14H,11-12,15H2,1-4H3,(H,25,28). The number of hydrogen-bond donors (Lipinski definition) is 1. The molecule has 0 aliphatic heterocycles. The van der Waals surface area contributed by atoms with Crippen LogP contribution in [0.3, 0.4) is 0 Å². The van der Waals surface area contributed by atoms with Gasteiger partial charge in [0.05, 0.1) is 39.9 Å². The Hall–Kier alpha value is -3.46. The molecular weight excluding hydrogens is 442 g/mol. The van der Waals surface area contributed by atoms with E-state index in [4.69, 9.17) is 18.9 Å². The first-order chi connectivity index (χ1) is 16.1. The summed E-state index contributed by atoms with van der Waals surface area (Å²) in [5.74, 6) is 2.63. The Morgan fingerprint density at radius 1 is 0.879 bits per heavy atom. The van der Waals surface area contributed by atoms with E-state index in [1.165, 1.54) is 11.8 Å². The van der Waals surface area contributed by atoms with Crippen molar-refractivity contribution in [1.29, 1.82) is 0 Å². The number of amides is 1. The zero-order chi connectivity index (χ0) is 23.6. The SMILES string of the molecule is COc1ccc(CCNC(=O)CSc2ccc(-c3cc(OC)c(OC)c(OC)c3)nn2)cc1. The molecule has 3 aromatic rings. The third-order valence-corrected chi connectivity index (χ3v) is 5.77. The molecule has 9 heteroatoms. The zero-order valence-electron chi connectivity index (χ0n) is 19.1. The Bertz CT molecular complexity index is 1030. The van der Waals surface area contributed by atoms with Crippen molar-refractivity contribution >= 4 is 17.7 Å². The van der Waals surface area contributed by atoms with Crippen LogP contribution in [0.1, 0.15) is 5.56 Å². The highest BCUT2D eigenvalue weighted by molar-refractivity contribution is 7.99. The van der Waals surface area contributed by atoms with E-state index >= 15 is 0 Å². The first kappa shape index (κ1) is 24.2. The van der Waals surface area contributed by atoms with Gasteiger partial charge < -0.3 is 24.3 Å². The van der Waals surface area contributed by atoms with Crippen LogP contribution in [0, 0.1) is 0 Å². The predicted octanol–water partition coefficient (Wildman–Crippen LogP) is 3.63. The summed E-state index contributed by atoms with van der Waals surface area (Å²) in [7, 11) is 6.32. The second-order valence-electron chi connectivity index (χ2n) is 6.91. The number of nitrogens with zero attached hydrogens (tertiary/aromatic N) is 2. The van der Waals surface area contributed by atoms with Crippen LogP contribution in [0.5, 0.6) is 23.0 Å². The molecule has 0 atom stereocenters. The fourth-order valence-electron chi connectivity index (χ4n) is 3.11. The molecule has 1 N–H and O–H groups in total. The highest BCUT2D eigenvalue weighted by atomic mass is 32.2. The number of aromatic nitrogens is 2. The minimum Gasteiger partial charge on any atom is -0.497 e.